The number of phosphoric ester groups is 1. The first kappa shape index (κ1) is 47.8. The molecule has 0 aromatic heterocycles. The predicted octanol–water partition coefficient (Wildman–Crippen LogP) is 11.7. The molecule has 0 aromatic carbocycles. The zero-order valence-corrected chi connectivity index (χ0v) is 32.4. The van der Waals surface area contributed by atoms with Gasteiger partial charge in [0.05, 0.1) is 6.61 Å². The molecule has 0 rings (SSSR count). The minimum Gasteiger partial charge on any atom is -0.462 e. The van der Waals surface area contributed by atoms with Gasteiger partial charge in [-0.2, -0.15) is 0 Å². The van der Waals surface area contributed by atoms with E-state index in [1.54, 1.807) is 0 Å². The van der Waals surface area contributed by atoms with Crippen LogP contribution in [0.2, 0.25) is 0 Å². The van der Waals surface area contributed by atoms with Crippen molar-refractivity contribution in [2.24, 2.45) is 0 Å². The number of esters is 2. The molecule has 0 aliphatic carbocycles. The van der Waals surface area contributed by atoms with E-state index >= 15 is 0 Å². The molecule has 1 atom stereocenters. The largest absolute Gasteiger partial charge is 0.469 e. The average Bonchev–Trinajstić information content (AvgIpc) is 3.08. The second kappa shape index (κ2) is 36.5. The molecular formula is C41H71O8P. The Balaban J connectivity index is 4.07. The van der Waals surface area contributed by atoms with Crippen molar-refractivity contribution in [3.8, 4) is 0 Å². The first-order valence-corrected chi connectivity index (χ1v) is 21.1. The van der Waals surface area contributed by atoms with Crippen molar-refractivity contribution in [3.05, 3.63) is 60.8 Å². The van der Waals surface area contributed by atoms with Crippen molar-refractivity contribution in [1.82, 2.24) is 0 Å². The predicted molar refractivity (Wildman–Crippen MR) is 207 cm³/mol. The summed E-state index contributed by atoms with van der Waals surface area (Å²) in [6.07, 6.45) is 45.2. The highest BCUT2D eigenvalue weighted by Crippen LogP contribution is 2.36. The quantitative estimate of drug-likeness (QED) is 0.0287. The summed E-state index contributed by atoms with van der Waals surface area (Å²) in [4.78, 5) is 42.7. The van der Waals surface area contributed by atoms with Crippen molar-refractivity contribution in [2.45, 2.75) is 174 Å². The number of unbranched alkanes of at least 4 members (excludes halogenated alkanes) is 15. The van der Waals surface area contributed by atoms with Gasteiger partial charge in [-0.3, -0.25) is 14.1 Å². The summed E-state index contributed by atoms with van der Waals surface area (Å²) in [5.41, 5.74) is 0. The van der Waals surface area contributed by atoms with Gasteiger partial charge in [0.2, 0.25) is 0 Å². The highest BCUT2D eigenvalue weighted by atomic mass is 31.2. The molecule has 0 aromatic rings. The van der Waals surface area contributed by atoms with Crippen LogP contribution in [0.15, 0.2) is 60.8 Å². The lowest BCUT2D eigenvalue weighted by Crippen LogP contribution is -2.29. The molecule has 0 bridgehead atoms. The maximum atomic E-state index is 12.4. The fourth-order valence-electron chi connectivity index (χ4n) is 5.09. The van der Waals surface area contributed by atoms with E-state index in [9.17, 15) is 14.2 Å². The van der Waals surface area contributed by atoms with Crippen LogP contribution in [0.1, 0.15) is 168 Å². The van der Waals surface area contributed by atoms with Crippen molar-refractivity contribution in [2.75, 3.05) is 13.2 Å². The lowest BCUT2D eigenvalue weighted by atomic mass is 10.1. The Kier molecular flexibility index (Phi) is 34.9. The van der Waals surface area contributed by atoms with E-state index in [1.165, 1.54) is 70.6 Å². The highest BCUT2D eigenvalue weighted by Gasteiger charge is 2.22. The van der Waals surface area contributed by atoms with Crippen LogP contribution >= 0.6 is 7.82 Å². The third-order valence-electron chi connectivity index (χ3n) is 8.00. The molecule has 0 heterocycles. The van der Waals surface area contributed by atoms with Gasteiger partial charge in [-0.1, -0.05) is 152 Å². The Morgan fingerprint density at radius 3 is 1.52 bits per heavy atom. The van der Waals surface area contributed by atoms with Crippen LogP contribution in [0, 0.1) is 0 Å². The topological polar surface area (TPSA) is 119 Å². The van der Waals surface area contributed by atoms with Crippen molar-refractivity contribution in [3.63, 3.8) is 0 Å². The van der Waals surface area contributed by atoms with E-state index in [0.29, 0.717) is 12.8 Å². The molecule has 50 heavy (non-hydrogen) atoms. The molecule has 0 aliphatic rings. The number of ether oxygens (including phenoxy) is 2. The Hall–Kier alpha value is -2.25. The maximum absolute atomic E-state index is 12.4. The van der Waals surface area contributed by atoms with Crippen LogP contribution in [0.5, 0.6) is 0 Å². The fraction of sp³-hybridized carbons (Fsp3) is 0.707. The van der Waals surface area contributed by atoms with Crippen molar-refractivity contribution < 1.29 is 37.9 Å². The van der Waals surface area contributed by atoms with E-state index in [2.05, 4.69) is 73.1 Å². The molecule has 0 saturated heterocycles. The Morgan fingerprint density at radius 1 is 0.520 bits per heavy atom. The summed E-state index contributed by atoms with van der Waals surface area (Å²) in [6.45, 7) is 3.55. The third-order valence-corrected chi connectivity index (χ3v) is 8.49. The van der Waals surface area contributed by atoms with Gasteiger partial charge in [-0.15, -0.1) is 0 Å². The number of hydrogen-bond acceptors (Lipinski definition) is 6. The summed E-state index contributed by atoms with van der Waals surface area (Å²) in [6, 6.07) is 0. The molecule has 0 aliphatic heterocycles. The zero-order chi connectivity index (χ0) is 36.8. The monoisotopic (exact) mass is 722 g/mol. The standard InChI is InChI=1S/C41H71O8P/c1-3-5-7-9-11-13-15-17-19-20-22-24-26-28-30-32-34-36-41(43)49-39(38-48-50(44,45)46)37-47-40(42)35-33-31-29-27-25-23-21-18-16-14-12-10-8-6-4-2/h7,9,13,15,19-20,24,26,29,31,39H,3-6,8,10-12,14,16-18,21-23,25,27-28,30,32-38H2,1-2H3,(H2,44,45,46)/b9-7+,15-13+,20-19+,26-24+,31-29+/t39-/m1/s1. The summed E-state index contributed by atoms with van der Waals surface area (Å²) < 4.78 is 26.3. The van der Waals surface area contributed by atoms with Crippen LogP contribution in [-0.2, 0) is 28.2 Å². The Bertz CT molecular complexity index is 995. The minimum atomic E-state index is -4.77. The number of carbonyl (C=O) groups excluding carboxylic acids is 2. The highest BCUT2D eigenvalue weighted by molar-refractivity contribution is 7.46. The van der Waals surface area contributed by atoms with E-state index in [4.69, 9.17) is 19.3 Å². The molecule has 8 nitrogen and oxygen atoms in total. The van der Waals surface area contributed by atoms with Gasteiger partial charge in [-0.05, 0) is 64.2 Å². The summed E-state index contributed by atoms with van der Waals surface area (Å²) in [5.74, 6) is -0.981. The third kappa shape index (κ3) is 38.6. The van der Waals surface area contributed by atoms with Gasteiger partial charge < -0.3 is 19.3 Å². The van der Waals surface area contributed by atoms with E-state index in [1.807, 2.05) is 6.08 Å². The van der Waals surface area contributed by atoms with Crippen LogP contribution in [-0.4, -0.2) is 41.0 Å². The molecule has 288 valence electrons. The first-order chi connectivity index (χ1) is 24.3. The molecule has 0 spiro atoms. The summed E-state index contributed by atoms with van der Waals surface area (Å²) in [7, 11) is -4.77. The van der Waals surface area contributed by atoms with Gasteiger partial charge in [0, 0.05) is 12.8 Å². The fourth-order valence-corrected chi connectivity index (χ4v) is 5.45. The van der Waals surface area contributed by atoms with Crippen LogP contribution < -0.4 is 0 Å². The normalized spacial score (nSPS) is 13.1. The first-order valence-electron chi connectivity index (χ1n) is 19.6. The number of rotatable bonds is 35. The average molecular weight is 723 g/mol. The second-order valence-electron chi connectivity index (χ2n) is 12.9. The summed E-state index contributed by atoms with van der Waals surface area (Å²) >= 11 is 0. The molecule has 0 amide bonds. The van der Waals surface area contributed by atoms with Crippen LogP contribution in [0.3, 0.4) is 0 Å². The minimum absolute atomic E-state index is 0.165. The lowest BCUT2D eigenvalue weighted by Gasteiger charge is -2.18. The molecule has 9 heteroatoms. The molecular weight excluding hydrogens is 651 g/mol. The summed E-state index contributed by atoms with van der Waals surface area (Å²) in [5, 5.41) is 0. The van der Waals surface area contributed by atoms with E-state index in [-0.39, 0.29) is 19.4 Å². The Labute approximate surface area is 305 Å². The molecule has 2 N–H and O–H groups in total. The van der Waals surface area contributed by atoms with Gasteiger partial charge in [0.25, 0.3) is 0 Å². The zero-order valence-electron chi connectivity index (χ0n) is 31.5. The van der Waals surface area contributed by atoms with Crippen LogP contribution in [0.4, 0.5) is 0 Å². The Morgan fingerprint density at radius 2 is 0.980 bits per heavy atom. The van der Waals surface area contributed by atoms with Crippen molar-refractivity contribution in [1.29, 1.82) is 0 Å². The molecule has 0 fully saturated rings. The van der Waals surface area contributed by atoms with Gasteiger partial charge in [0.1, 0.15) is 6.61 Å². The number of hydrogen-bond donors (Lipinski definition) is 2. The van der Waals surface area contributed by atoms with Gasteiger partial charge >= 0.3 is 19.8 Å². The maximum Gasteiger partial charge on any atom is 0.469 e. The lowest BCUT2D eigenvalue weighted by molar-refractivity contribution is -0.161. The molecule has 0 radical (unpaired) electrons. The SMILES string of the molecule is CCC/C=C/C/C=C/C/C=C/C/C=C/CCCCCC(=O)O[C@H](COC(=O)CC/C=C/CCCCCCCCCCCCC)COP(=O)(O)O. The number of phosphoric acid groups is 1. The van der Waals surface area contributed by atoms with Crippen LogP contribution in [0.25, 0.3) is 0 Å². The number of allylic oxidation sites excluding steroid dienone is 10. The molecule has 0 unspecified atom stereocenters. The van der Waals surface area contributed by atoms with Gasteiger partial charge in [0.15, 0.2) is 6.10 Å². The molecule has 0 saturated carbocycles. The van der Waals surface area contributed by atoms with Gasteiger partial charge in [-0.25, -0.2) is 4.57 Å². The number of carbonyl (C=O) groups is 2. The van der Waals surface area contributed by atoms with Crippen molar-refractivity contribution >= 4 is 19.8 Å². The second-order valence-corrected chi connectivity index (χ2v) is 14.1. The smallest absolute Gasteiger partial charge is 0.462 e. The van der Waals surface area contributed by atoms with E-state index < -0.39 is 32.5 Å². The van der Waals surface area contributed by atoms with E-state index in [0.717, 1.165) is 57.8 Å².